The molecule has 1 aromatic rings. The van der Waals surface area contributed by atoms with Crippen LogP contribution in [0.4, 0.5) is 0 Å². The minimum absolute atomic E-state index is 0.680. The fraction of sp³-hybridized carbons (Fsp3) is 0.357. The number of hydrogen-bond donors (Lipinski definition) is 0. The molecule has 1 aromatic heterocycles. The Kier molecular flexibility index (Phi) is 4.77. The van der Waals surface area contributed by atoms with E-state index in [0.29, 0.717) is 5.89 Å². The van der Waals surface area contributed by atoms with Gasteiger partial charge >= 0.3 is 0 Å². The zero-order valence-electron chi connectivity index (χ0n) is 10.3. The number of nitrogens with zero attached hydrogens (tertiary/aromatic N) is 1. The Morgan fingerprint density at radius 3 is 2.81 bits per heavy atom. The summed E-state index contributed by atoms with van der Waals surface area (Å²) in [5.74, 6) is 1.59. The van der Waals surface area contributed by atoms with Crippen LogP contribution in [0.25, 0.3) is 5.57 Å². The van der Waals surface area contributed by atoms with Crippen LogP contribution in [0.15, 0.2) is 35.3 Å². The lowest BCUT2D eigenvalue weighted by molar-refractivity contribution is 0.511. The van der Waals surface area contributed by atoms with Crippen molar-refractivity contribution in [1.82, 2.24) is 4.98 Å². The molecule has 1 heterocycles. The fourth-order valence-electron chi connectivity index (χ4n) is 1.52. The average molecular weight is 217 g/mol. The van der Waals surface area contributed by atoms with Crippen molar-refractivity contribution < 1.29 is 4.42 Å². The Balaban J connectivity index is 3.06. The third-order valence-electron chi connectivity index (χ3n) is 2.27. The van der Waals surface area contributed by atoms with E-state index in [0.717, 1.165) is 29.9 Å². The first-order chi connectivity index (χ1) is 7.72. The van der Waals surface area contributed by atoms with Gasteiger partial charge in [-0.15, -0.1) is 0 Å². The summed E-state index contributed by atoms with van der Waals surface area (Å²) in [7, 11) is 0. The van der Waals surface area contributed by atoms with E-state index in [1.807, 2.05) is 32.1 Å². The van der Waals surface area contributed by atoms with Crippen LogP contribution in [0.2, 0.25) is 0 Å². The first-order valence-corrected chi connectivity index (χ1v) is 5.65. The standard InChI is InChI=1S/C14H19NO/c1-5-8-12(9-6-2)14-15-13(10-7-3)11(4)16-14/h5-6,8-9H,1,7,10H2,2-4H3/b9-6-,12-8+. The van der Waals surface area contributed by atoms with Crippen LogP contribution < -0.4 is 0 Å². The predicted octanol–water partition coefficient (Wildman–Crippen LogP) is 4.08. The molecule has 0 radical (unpaired) electrons. The van der Waals surface area contributed by atoms with E-state index >= 15 is 0 Å². The molecule has 0 saturated carbocycles. The van der Waals surface area contributed by atoms with Gasteiger partial charge in [0.05, 0.1) is 5.69 Å². The fourth-order valence-corrected chi connectivity index (χ4v) is 1.52. The molecule has 0 fully saturated rings. The lowest BCUT2D eigenvalue weighted by atomic mass is 10.2. The lowest BCUT2D eigenvalue weighted by Crippen LogP contribution is -1.87. The molecule has 1 rings (SSSR count). The Morgan fingerprint density at radius 1 is 1.50 bits per heavy atom. The summed E-state index contributed by atoms with van der Waals surface area (Å²) < 4.78 is 5.66. The van der Waals surface area contributed by atoms with Gasteiger partial charge in [0.1, 0.15) is 5.76 Å². The van der Waals surface area contributed by atoms with E-state index in [9.17, 15) is 0 Å². The van der Waals surface area contributed by atoms with Crippen molar-refractivity contribution in [2.45, 2.75) is 33.6 Å². The average Bonchev–Trinajstić information content (AvgIpc) is 2.61. The molecule has 0 atom stereocenters. The maximum absolute atomic E-state index is 5.66. The van der Waals surface area contributed by atoms with Crippen molar-refractivity contribution >= 4 is 5.57 Å². The van der Waals surface area contributed by atoms with Gasteiger partial charge in [0.15, 0.2) is 0 Å². The van der Waals surface area contributed by atoms with Crippen LogP contribution in [-0.2, 0) is 6.42 Å². The van der Waals surface area contributed by atoms with Crippen molar-refractivity contribution in [2.75, 3.05) is 0 Å². The van der Waals surface area contributed by atoms with Crippen molar-refractivity contribution in [3.05, 3.63) is 48.2 Å². The second kappa shape index (κ2) is 6.11. The normalized spacial score (nSPS) is 12.3. The van der Waals surface area contributed by atoms with Crippen molar-refractivity contribution in [2.24, 2.45) is 0 Å². The van der Waals surface area contributed by atoms with Gasteiger partial charge < -0.3 is 4.42 Å². The third kappa shape index (κ3) is 2.96. The lowest BCUT2D eigenvalue weighted by Gasteiger charge is -1.93. The zero-order valence-corrected chi connectivity index (χ0v) is 10.3. The molecule has 86 valence electrons. The second-order valence-electron chi connectivity index (χ2n) is 3.63. The molecule has 0 aliphatic rings. The van der Waals surface area contributed by atoms with E-state index in [2.05, 4.69) is 18.5 Å². The van der Waals surface area contributed by atoms with Crippen LogP contribution >= 0.6 is 0 Å². The summed E-state index contributed by atoms with van der Waals surface area (Å²) in [6, 6.07) is 0. The molecule has 2 nitrogen and oxygen atoms in total. The molecule has 0 aromatic carbocycles. The van der Waals surface area contributed by atoms with Gasteiger partial charge in [-0.25, -0.2) is 4.98 Å². The maximum atomic E-state index is 5.66. The van der Waals surface area contributed by atoms with E-state index in [-0.39, 0.29) is 0 Å². The molecule has 0 amide bonds. The summed E-state index contributed by atoms with van der Waals surface area (Å²) in [5.41, 5.74) is 2.01. The van der Waals surface area contributed by atoms with Gasteiger partial charge in [0, 0.05) is 5.57 Å². The molecule has 0 aliphatic heterocycles. The number of rotatable bonds is 5. The Morgan fingerprint density at radius 2 is 2.25 bits per heavy atom. The number of hydrogen-bond acceptors (Lipinski definition) is 2. The molecule has 0 N–H and O–H groups in total. The third-order valence-corrected chi connectivity index (χ3v) is 2.27. The van der Waals surface area contributed by atoms with Crippen LogP contribution in [0.3, 0.4) is 0 Å². The van der Waals surface area contributed by atoms with Gasteiger partial charge in [-0.1, -0.05) is 44.2 Å². The first kappa shape index (κ1) is 12.5. The molecule has 0 aliphatic carbocycles. The van der Waals surface area contributed by atoms with Gasteiger partial charge in [-0.3, -0.25) is 0 Å². The van der Waals surface area contributed by atoms with E-state index in [4.69, 9.17) is 4.42 Å². The molecule has 0 saturated heterocycles. The topological polar surface area (TPSA) is 26.0 Å². The molecule has 2 heteroatoms. The summed E-state index contributed by atoms with van der Waals surface area (Å²) >= 11 is 0. The quantitative estimate of drug-likeness (QED) is 0.694. The minimum atomic E-state index is 0.680. The number of aryl methyl sites for hydroxylation is 2. The highest BCUT2D eigenvalue weighted by Gasteiger charge is 2.10. The van der Waals surface area contributed by atoms with Crippen LogP contribution in [0.5, 0.6) is 0 Å². The Labute approximate surface area is 97.4 Å². The predicted molar refractivity (Wildman–Crippen MR) is 68.2 cm³/mol. The molecular weight excluding hydrogens is 198 g/mol. The van der Waals surface area contributed by atoms with Gasteiger partial charge in [0.2, 0.25) is 5.89 Å². The zero-order chi connectivity index (χ0) is 12.0. The molecule has 0 spiro atoms. The molecule has 0 bridgehead atoms. The SMILES string of the molecule is C=C/C=C(\C=C/C)c1nc(CCC)c(C)o1. The Bertz CT molecular complexity index is 410. The van der Waals surface area contributed by atoms with E-state index in [1.54, 1.807) is 6.08 Å². The smallest absolute Gasteiger partial charge is 0.226 e. The summed E-state index contributed by atoms with van der Waals surface area (Å²) in [6.45, 7) is 9.77. The number of oxazole rings is 1. The van der Waals surface area contributed by atoms with Crippen molar-refractivity contribution in [1.29, 1.82) is 0 Å². The van der Waals surface area contributed by atoms with Crippen LogP contribution in [-0.4, -0.2) is 4.98 Å². The summed E-state index contributed by atoms with van der Waals surface area (Å²) in [6.07, 6.45) is 9.63. The van der Waals surface area contributed by atoms with E-state index in [1.165, 1.54) is 0 Å². The molecular formula is C14H19NO. The van der Waals surface area contributed by atoms with Gasteiger partial charge in [-0.05, 0) is 20.3 Å². The number of allylic oxidation sites excluding steroid dienone is 5. The summed E-state index contributed by atoms with van der Waals surface area (Å²) in [4.78, 5) is 4.50. The van der Waals surface area contributed by atoms with Crippen molar-refractivity contribution in [3.8, 4) is 0 Å². The van der Waals surface area contributed by atoms with Crippen LogP contribution in [0.1, 0.15) is 37.6 Å². The largest absolute Gasteiger partial charge is 0.441 e. The molecule has 0 unspecified atom stereocenters. The monoisotopic (exact) mass is 217 g/mol. The number of aromatic nitrogens is 1. The maximum Gasteiger partial charge on any atom is 0.226 e. The van der Waals surface area contributed by atoms with Gasteiger partial charge in [-0.2, -0.15) is 0 Å². The van der Waals surface area contributed by atoms with Gasteiger partial charge in [0.25, 0.3) is 0 Å². The van der Waals surface area contributed by atoms with Crippen LogP contribution in [0, 0.1) is 6.92 Å². The van der Waals surface area contributed by atoms with E-state index < -0.39 is 0 Å². The van der Waals surface area contributed by atoms with Crippen molar-refractivity contribution in [3.63, 3.8) is 0 Å². The first-order valence-electron chi connectivity index (χ1n) is 5.65. The highest BCUT2D eigenvalue weighted by atomic mass is 16.4. The molecule has 16 heavy (non-hydrogen) atoms. The summed E-state index contributed by atoms with van der Waals surface area (Å²) in [5, 5.41) is 0. The minimum Gasteiger partial charge on any atom is -0.441 e. The second-order valence-corrected chi connectivity index (χ2v) is 3.63. The highest BCUT2D eigenvalue weighted by Crippen LogP contribution is 2.20. The Hall–Kier alpha value is -1.57. The highest BCUT2D eigenvalue weighted by molar-refractivity contribution is 5.69.